The minimum absolute atomic E-state index is 0.0693. The summed E-state index contributed by atoms with van der Waals surface area (Å²) in [5.41, 5.74) is 0.0706. The summed E-state index contributed by atoms with van der Waals surface area (Å²) >= 11 is 3.11. The number of hydrogen-bond acceptors (Lipinski definition) is 5. The normalized spacial score (nSPS) is 9.79. The van der Waals surface area contributed by atoms with Crippen LogP contribution in [0.2, 0.25) is 0 Å². The standard InChI is InChI=1S/C12H11BrO6/c1-18-10(14)4-5-11(15)19-9-3-2-7(12(16)17)6-8(9)13/h2-3,6H,4-5H2,1H3,(H,16,17). The van der Waals surface area contributed by atoms with Gasteiger partial charge in [0.25, 0.3) is 0 Å². The number of aromatic carboxylic acids is 1. The van der Waals surface area contributed by atoms with E-state index in [1.54, 1.807) is 0 Å². The number of rotatable bonds is 5. The molecule has 102 valence electrons. The van der Waals surface area contributed by atoms with Gasteiger partial charge in [0.15, 0.2) is 0 Å². The molecule has 1 N–H and O–H groups in total. The van der Waals surface area contributed by atoms with E-state index in [1.165, 1.54) is 25.3 Å². The Labute approximate surface area is 117 Å². The second kappa shape index (κ2) is 6.89. The van der Waals surface area contributed by atoms with E-state index in [9.17, 15) is 14.4 Å². The van der Waals surface area contributed by atoms with E-state index < -0.39 is 17.9 Å². The van der Waals surface area contributed by atoms with E-state index >= 15 is 0 Å². The highest BCUT2D eigenvalue weighted by Crippen LogP contribution is 2.26. The molecule has 0 aliphatic rings. The van der Waals surface area contributed by atoms with Gasteiger partial charge in [0, 0.05) is 0 Å². The lowest BCUT2D eigenvalue weighted by molar-refractivity contribution is -0.144. The molecular weight excluding hydrogens is 320 g/mol. The largest absolute Gasteiger partial charge is 0.478 e. The molecule has 0 aliphatic carbocycles. The maximum absolute atomic E-state index is 11.4. The van der Waals surface area contributed by atoms with Crippen LogP contribution in [0.1, 0.15) is 23.2 Å². The Morgan fingerprint density at radius 1 is 1.21 bits per heavy atom. The maximum Gasteiger partial charge on any atom is 0.335 e. The highest BCUT2D eigenvalue weighted by atomic mass is 79.9. The summed E-state index contributed by atoms with van der Waals surface area (Å²) in [6.07, 6.45) is -0.181. The molecule has 0 fully saturated rings. The monoisotopic (exact) mass is 330 g/mol. The van der Waals surface area contributed by atoms with Crippen molar-refractivity contribution in [3.63, 3.8) is 0 Å². The number of methoxy groups -OCH3 is 1. The topological polar surface area (TPSA) is 89.9 Å². The van der Waals surface area contributed by atoms with Gasteiger partial charge >= 0.3 is 17.9 Å². The van der Waals surface area contributed by atoms with Crippen LogP contribution in [-0.2, 0) is 14.3 Å². The number of halogens is 1. The molecule has 6 nitrogen and oxygen atoms in total. The smallest absolute Gasteiger partial charge is 0.335 e. The fraction of sp³-hybridized carbons (Fsp3) is 0.250. The van der Waals surface area contributed by atoms with E-state index in [2.05, 4.69) is 20.7 Å². The van der Waals surface area contributed by atoms with Crippen LogP contribution >= 0.6 is 15.9 Å². The predicted molar refractivity (Wildman–Crippen MR) is 68.0 cm³/mol. The van der Waals surface area contributed by atoms with Crippen LogP contribution in [0.5, 0.6) is 5.75 Å². The summed E-state index contributed by atoms with van der Waals surface area (Å²) in [5.74, 6) is -1.99. The molecule has 0 aliphatic heterocycles. The zero-order valence-corrected chi connectivity index (χ0v) is 11.6. The van der Waals surface area contributed by atoms with Gasteiger partial charge in [-0.3, -0.25) is 9.59 Å². The first-order valence-corrected chi connectivity index (χ1v) is 6.03. The molecule has 0 saturated carbocycles. The van der Waals surface area contributed by atoms with Gasteiger partial charge < -0.3 is 14.6 Å². The van der Waals surface area contributed by atoms with Gasteiger partial charge in [-0.25, -0.2) is 4.79 Å². The molecule has 0 heterocycles. The fourth-order valence-electron chi connectivity index (χ4n) is 1.20. The van der Waals surface area contributed by atoms with E-state index in [1.807, 2.05) is 0 Å². The number of esters is 2. The van der Waals surface area contributed by atoms with Crippen molar-refractivity contribution in [2.24, 2.45) is 0 Å². The molecule has 1 aromatic carbocycles. The lowest BCUT2D eigenvalue weighted by atomic mass is 10.2. The number of carboxylic acids is 1. The Kier molecular flexibility index (Phi) is 5.50. The van der Waals surface area contributed by atoms with Gasteiger partial charge in [0.1, 0.15) is 5.75 Å². The molecule has 0 radical (unpaired) electrons. The molecular formula is C12H11BrO6. The first-order chi connectivity index (χ1) is 8.93. The first kappa shape index (κ1) is 15.2. The summed E-state index contributed by atoms with van der Waals surface area (Å²) < 4.78 is 9.73. The third-order valence-electron chi connectivity index (χ3n) is 2.16. The second-order valence-corrected chi connectivity index (χ2v) is 4.35. The first-order valence-electron chi connectivity index (χ1n) is 5.24. The lowest BCUT2D eigenvalue weighted by Crippen LogP contribution is -2.11. The van der Waals surface area contributed by atoms with Crippen molar-refractivity contribution < 1.29 is 29.0 Å². The molecule has 1 aromatic rings. The SMILES string of the molecule is COC(=O)CCC(=O)Oc1ccc(C(=O)O)cc1Br. The minimum atomic E-state index is -1.08. The average molecular weight is 331 g/mol. The molecule has 0 unspecified atom stereocenters. The van der Waals surface area contributed by atoms with Crippen LogP contribution in [-0.4, -0.2) is 30.1 Å². The summed E-state index contributed by atoms with van der Waals surface area (Å²) in [7, 11) is 1.23. The van der Waals surface area contributed by atoms with Crippen molar-refractivity contribution in [3.8, 4) is 5.75 Å². The number of carboxylic acid groups (broad SMARTS) is 1. The highest BCUT2D eigenvalue weighted by Gasteiger charge is 2.12. The van der Waals surface area contributed by atoms with Crippen molar-refractivity contribution in [2.45, 2.75) is 12.8 Å². The molecule has 7 heteroatoms. The number of carbonyl (C=O) groups is 3. The van der Waals surface area contributed by atoms with Crippen LogP contribution in [0, 0.1) is 0 Å². The highest BCUT2D eigenvalue weighted by molar-refractivity contribution is 9.10. The van der Waals surface area contributed by atoms with E-state index in [-0.39, 0.29) is 24.2 Å². The lowest BCUT2D eigenvalue weighted by Gasteiger charge is -2.06. The van der Waals surface area contributed by atoms with Crippen molar-refractivity contribution >= 4 is 33.8 Å². The Balaban J connectivity index is 2.64. The molecule has 0 spiro atoms. The zero-order chi connectivity index (χ0) is 14.4. The Hall–Kier alpha value is -1.89. The van der Waals surface area contributed by atoms with Crippen LogP contribution in [0.3, 0.4) is 0 Å². The molecule has 19 heavy (non-hydrogen) atoms. The number of benzene rings is 1. The van der Waals surface area contributed by atoms with Gasteiger partial charge in [0.2, 0.25) is 0 Å². The van der Waals surface area contributed by atoms with E-state index in [4.69, 9.17) is 9.84 Å². The van der Waals surface area contributed by atoms with Gasteiger partial charge in [0.05, 0.1) is 30.0 Å². The third kappa shape index (κ3) is 4.70. The van der Waals surface area contributed by atoms with E-state index in [0.29, 0.717) is 4.47 Å². The summed E-state index contributed by atoms with van der Waals surface area (Å²) in [6, 6.07) is 4.00. The van der Waals surface area contributed by atoms with Crippen molar-refractivity contribution in [2.75, 3.05) is 7.11 Å². The number of ether oxygens (including phenoxy) is 2. The Morgan fingerprint density at radius 3 is 2.37 bits per heavy atom. The van der Waals surface area contributed by atoms with Gasteiger partial charge in [-0.05, 0) is 34.1 Å². The van der Waals surface area contributed by atoms with Crippen molar-refractivity contribution in [3.05, 3.63) is 28.2 Å². The number of carbonyl (C=O) groups excluding carboxylic acids is 2. The molecule has 0 aromatic heterocycles. The maximum atomic E-state index is 11.4. The van der Waals surface area contributed by atoms with Gasteiger partial charge in [-0.2, -0.15) is 0 Å². The average Bonchev–Trinajstić information content (AvgIpc) is 2.38. The second-order valence-electron chi connectivity index (χ2n) is 3.50. The summed E-state index contributed by atoms with van der Waals surface area (Å²) in [6.45, 7) is 0. The van der Waals surface area contributed by atoms with Crippen LogP contribution in [0.25, 0.3) is 0 Å². The molecule has 0 amide bonds. The van der Waals surface area contributed by atoms with Crippen LogP contribution in [0.4, 0.5) is 0 Å². The minimum Gasteiger partial charge on any atom is -0.478 e. The fourth-order valence-corrected chi connectivity index (χ4v) is 1.66. The molecule has 0 saturated heterocycles. The Bertz CT molecular complexity index is 511. The molecule has 1 rings (SSSR count). The summed E-state index contributed by atoms with van der Waals surface area (Å²) in [5, 5.41) is 8.77. The van der Waals surface area contributed by atoms with Crippen molar-refractivity contribution in [1.29, 1.82) is 0 Å². The third-order valence-corrected chi connectivity index (χ3v) is 2.78. The zero-order valence-electron chi connectivity index (χ0n) is 10.0. The van der Waals surface area contributed by atoms with Crippen LogP contribution in [0.15, 0.2) is 22.7 Å². The molecule has 0 atom stereocenters. The quantitative estimate of drug-likeness (QED) is 0.656. The predicted octanol–water partition coefficient (Wildman–Crippen LogP) is 2.01. The van der Waals surface area contributed by atoms with Crippen molar-refractivity contribution in [1.82, 2.24) is 0 Å². The van der Waals surface area contributed by atoms with Gasteiger partial charge in [-0.1, -0.05) is 0 Å². The summed E-state index contributed by atoms with van der Waals surface area (Å²) in [4.78, 5) is 33.0. The number of hydrogen-bond donors (Lipinski definition) is 1. The van der Waals surface area contributed by atoms with Gasteiger partial charge in [-0.15, -0.1) is 0 Å². The Morgan fingerprint density at radius 2 is 1.84 bits per heavy atom. The van der Waals surface area contributed by atoms with E-state index in [0.717, 1.165) is 0 Å². The molecule has 0 bridgehead atoms. The van der Waals surface area contributed by atoms with Crippen LogP contribution < -0.4 is 4.74 Å².